The number of rotatable bonds is 5. The lowest BCUT2D eigenvalue weighted by Gasteiger charge is -2.35. The molecule has 1 aromatic rings. The third-order valence-corrected chi connectivity index (χ3v) is 4.12. The Labute approximate surface area is 131 Å². The Morgan fingerprint density at radius 2 is 2.00 bits per heavy atom. The van der Waals surface area contributed by atoms with Crippen LogP contribution in [0.15, 0.2) is 10.6 Å². The van der Waals surface area contributed by atoms with Gasteiger partial charge < -0.3 is 15.2 Å². The number of nitrogens with one attached hydrogen (secondary N) is 2. The summed E-state index contributed by atoms with van der Waals surface area (Å²) in [5.41, 5.74) is -0.0625. The highest BCUT2D eigenvalue weighted by Crippen LogP contribution is 2.29. The second kappa shape index (κ2) is 6.94. The topological polar surface area (TPSA) is 84.2 Å². The van der Waals surface area contributed by atoms with Gasteiger partial charge in [-0.05, 0) is 25.2 Å². The van der Waals surface area contributed by atoms with Crippen molar-refractivity contribution in [3.05, 3.63) is 17.5 Å². The normalized spacial score (nSPS) is 17.3. The molecule has 2 amide bonds. The van der Waals surface area contributed by atoms with Crippen LogP contribution in [0.4, 0.5) is 0 Å². The lowest BCUT2D eigenvalue weighted by atomic mass is 9.80. The number of aromatic nitrogens is 1. The highest BCUT2D eigenvalue weighted by atomic mass is 16.5. The predicted molar refractivity (Wildman–Crippen MR) is 82.4 cm³/mol. The van der Waals surface area contributed by atoms with Gasteiger partial charge in [0.05, 0.1) is 5.69 Å². The van der Waals surface area contributed by atoms with Crippen LogP contribution < -0.4 is 10.6 Å². The van der Waals surface area contributed by atoms with E-state index < -0.39 is 5.54 Å². The van der Waals surface area contributed by atoms with E-state index in [1.807, 2.05) is 0 Å². The number of nitrogens with zero attached hydrogens (tertiary/aromatic N) is 1. The molecule has 2 rings (SSSR count). The number of likely N-dealkylation sites (N-methyl/N-ethyl adjacent to an activating group) is 1. The second-order valence-electron chi connectivity index (χ2n) is 6.46. The average molecular weight is 307 g/mol. The van der Waals surface area contributed by atoms with Crippen LogP contribution in [0.25, 0.3) is 0 Å². The smallest absolute Gasteiger partial charge is 0.290 e. The van der Waals surface area contributed by atoms with Crippen LogP contribution in [0.5, 0.6) is 0 Å². The van der Waals surface area contributed by atoms with E-state index in [0.717, 1.165) is 31.4 Å². The molecule has 6 nitrogen and oxygen atoms in total. The minimum atomic E-state index is -0.824. The van der Waals surface area contributed by atoms with Gasteiger partial charge in [-0.25, -0.2) is 0 Å². The van der Waals surface area contributed by atoms with Crippen LogP contribution in [-0.4, -0.2) is 29.6 Å². The highest BCUT2D eigenvalue weighted by Gasteiger charge is 2.41. The minimum Gasteiger partial charge on any atom is -0.357 e. The quantitative estimate of drug-likeness (QED) is 0.872. The number of hydrogen-bond acceptors (Lipinski definition) is 4. The summed E-state index contributed by atoms with van der Waals surface area (Å²) in [5, 5.41) is 9.47. The summed E-state index contributed by atoms with van der Waals surface area (Å²) >= 11 is 0. The molecule has 1 heterocycles. The number of amides is 2. The molecule has 6 heteroatoms. The standard InChI is InChI=1S/C16H25N3O3/c1-11(2)9-12-10-13(22-19-12)14(20)18-16(15(21)17-3)7-5-4-6-8-16/h10-11H,4-9H2,1-3H3,(H,17,21)(H,18,20). The lowest BCUT2D eigenvalue weighted by molar-refractivity contribution is -0.128. The maximum absolute atomic E-state index is 12.4. The molecule has 0 saturated heterocycles. The van der Waals surface area contributed by atoms with Crippen molar-refractivity contribution in [3.63, 3.8) is 0 Å². The van der Waals surface area contributed by atoms with E-state index in [9.17, 15) is 9.59 Å². The number of carbonyl (C=O) groups is 2. The van der Waals surface area contributed by atoms with E-state index in [1.54, 1.807) is 13.1 Å². The van der Waals surface area contributed by atoms with Gasteiger partial charge in [0.25, 0.3) is 5.91 Å². The van der Waals surface area contributed by atoms with Crippen LogP contribution in [0.2, 0.25) is 0 Å². The first kappa shape index (κ1) is 16.5. The summed E-state index contributed by atoms with van der Waals surface area (Å²) < 4.78 is 5.13. The molecule has 1 aliphatic carbocycles. The molecule has 122 valence electrons. The Morgan fingerprint density at radius 1 is 1.32 bits per heavy atom. The van der Waals surface area contributed by atoms with Crippen molar-refractivity contribution >= 4 is 11.8 Å². The van der Waals surface area contributed by atoms with Crippen molar-refractivity contribution in [1.82, 2.24) is 15.8 Å². The Morgan fingerprint density at radius 3 is 2.59 bits per heavy atom. The zero-order valence-corrected chi connectivity index (χ0v) is 13.6. The van der Waals surface area contributed by atoms with Gasteiger partial charge in [0.15, 0.2) is 0 Å². The summed E-state index contributed by atoms with van der Waals surface area (Å²) in [6.45, 7) is 4.16. The Bertz CT molecular complexity index is 530. The molecule has 0 radical (unpaired) electrons. The summed E-state index contributed by atoms with van der Waals surface area (Å²) in [6.07, 6.45) is 5.04. The van der Waals surface area contributed by atoms with Crippen LogP contribution in [0.3, 0.4) is 0 Å². The fourth-order valence-electron chi connectivity index (χ4n) is 3.02. The zero-order valence-electron chi connectivity index (χ0n) is 13.6. The van der Waals surface area contributed by atoms with Crippen molar-refractivity contribution in [3.8, 4) is 0 Å². The van der Waals surface area contributed by atoms with Crippen LogP contribution >= 0.6 is 0 Å². The first-order valence-corrected chi connectivity index (χ1v) is 7.97. The van der Waals surface area contributed by atoms with E-state index in [2.05, 4.69) is 29.6 Å². The summed E-state index contributed by atoms with van der Waals surface area (Å²) in [5.74, 6) is 0.108. The van der Waals surface area contributed by atoms with Gasteiger partial charge in [-0.3, -0.25) is 9.59 Å². The molecular formula is C16H25N3O3. The maximum atomic E-state index is 12.4. The molecule has 0 aliphatic heterocycles. The van der Waals surface area contributed by atoms with Crippen molar-refractivity contribution in [2.75, 3.05) is 7.05 Å². The van der Waals surface area contributed by atoms with Gasteiger partial charge in [0, 0.05) is 13.1 Å². The van der Waals surface area contributed by atoms with Crippen LogP contribution in [-0.2, 0) is 11.2 Å². The second-order valence-corrected chi connectivity index (χ2v) is 6.46. The highest BCUT2D eigenvalue weighted by molar-refractivity contribution is 5.97. The van der Waals surface area contributed by atoms with Crippen molar-refractivity contribution < 1.29 is 14.1 Å². The Balaban J connectivity index is 2.10. The van der Waals surface area contributed by atoms with Crippen LogP contribution in [0.1, 0.15) is 62.2 Å². The Kier molecular flexibility index (Phi) is 5.21. The average Bonchev–Trinajstić information content (AvgIpc) is 2.95. The van der Waals surface area contributed by atoms with Crippen molar-refractivity contribution in [1.29, 1.82) is 0 Å². The van der Waals surface area contributed by atoms with E-state index >= 15 is 0 Å². The minimum absolute atomic E-state index is 0.137. The van der Waals surface area contributed by atoms with Gasteiger partial charge >= 0.3 is 0 Å². The summed E-state index contributed by atoms with van der Waals surface area (Å²) in [6, 6.07) is 1.66. The lowest BCUT2D eigenvalue weighted by Crippen LogP contribution is -2.59. The van der Waals surface area contributed by atoms with E-state index in [0.29, 0.717) is 18.8 Å². The number of hydrogen-bond donors (Lipinski definition) is 2. The van der Waals surface area contributed by atoms with Crippen LogP contribution in [0, 0.1) is 5.92 Å². The molecule has 0 atom stereocenters. The molecule has 1 fully saturated rings. The van der Waals surface area contributed by atoms with E-state index in [1.165, 1.54) is 0 Å². The molecule has 1 aliphatic rings. The largest absolute Gasteiger partial charge is 0.357 e. The van der Waals surface area contributed by atoms with Crippen molar-refractivity contribution in [2.24, 2.45) is 5.92 Å². The first-order chi connectivity index (χ1) is 10.5. The van der Waals surface area contributed by atoms with Gasteiger partial charge in [-0.15, -0.1) is 0 Å². The molecule has 22 heavy (non-hydrogen) atoms. The fourth-order valence-corrected chi connectivity index (χ4v) is 3.02. The zero-order chi connectivity index (χ0) is 16.2. The monoisotopic (exact) mass is 307 g/mol. The first-order valence-electron chi connectivity index (χ1n) is 7.97. The summed E-state index contributed by atoms with van der Waals surface area (Å²) in [4.78, 5) is 24.6. The Hall–Kier alpha value is -1.85. The molecule has 1 saturated carbocycles. The van der Waals surface area contributed by atoms with Gasteiger partial charge in [-0.1, -0.05) is 38.3 Å². The maximum Gasteiger partial charge on any atom is 0.290 e. The summed E-state index contributed by atoms with van der Waals surface area (Å²) in [7, 11) is 1.60. The molecule has 2 N–H and O–H groups in total. The molecule has 0 aromatic carbocycles. The molecule has 1 aromatic heterocycles. The molecule has 0 spiro atoms. The van der Waals surface area contributed by atoms with Crippen molar-refractivity contribution in [2.45, 2.75) is 57.9 Å². The molecule has 0 unspecified atom stereocenters. The van der Waals surface area contributed by atoms with E-state index in [4.69, 9.17) is 4.52 Å². The molecule has 0 bridgehead atoms. The SMILES string of the molecule is CNC(=O)C1(NC(=O)c2cc(CC(C)C)no2)CCCCC1. The third-order valence-electron chi connectivity index (χ3n) is 4.12. The van der Waals surface area contributed by atoms with Gasteiger partial charge in [0.2, 0.25) is 11.7 Å². The fraction of sp³-hybridized carbons (Fsp3) is 0.688. The molecular weight excluding hydrogens is 282 g/mol. The number of carbonyl (C=O) groups excluding carboxylic acids is 2. The van der Waals surface area contributed by atoms with Gasteiger partial charge in [0.1, 0.15) is 5.54 Å². The third kappa shape index (κ3) is 3.67. The van der Waals surface area contributed by atoms with E-state index in [-0.39, 0.29) is 17.6 Å². The van der Waals surface area contributed by atoms with Gasteiger partial charge in [-0.2, -0.15) is 0 Å². The predicted octanol–water partition coefficient (Wildman–Crippen LogP) is 2.05.